The fourth-order valence-electron chi connectivity index (χ4n) is 4.31. The molecule has 11 nitrogen and oxygen atoms in total. The summed E-state index contributed by atoms with van der Waals surface area (Å²) in [7, 11) is 4.75. The Kier molecular flexibility index (Phi) is 9.40. The SMILES string of the molecule is COc1ccc(-c2cn(-c3ccc(OC)c(OC)c3)c(NC(=O)CN(CCN3CCOCC3)C(C)=O)n2)cc1. The summed E-state index contributed by atoms with van der Waals surface area (Å²) < 4.78 is 23.3. The molecule has 1 aromatic heterocycles. The predicted octanol–water partition coefficient (Wildman–Crippen LogP) is 2.68. The molecule has 0 bridgehead atoms. The van der Waals surface area contributed by atoms with Crippen molar-refractivity contribution < 1.29 is 28.5 Å². The molecule has 1 N–H and O–H groups in total. The molecule has 0 unspecified atom stereocenters. The lowest BCUT2D eigenvalue weighted by molar-refractivity contribution is -0.133. The molecule has 2 aromatic carbocycles. The van der Waals surface area contributed by atoms with Crippen LogP contribution in [0.25, 0.3) is 16.9 Å². The van der Waals surface area contributed by atoms with E-state index in [9.17, 15) is 9.59 Å². The highest BCUT2D eigenvalue weighted by atomic mass is 16.5. The van der Waals surface area contributed by atoms with E-state index in [2.05, 4.69) is 10.2 Å². The van der Waals surface area contributed by atoms with Crippen molar-refractivity contribution in [2.75, 3.05) is 72.6 Å². The van der Waals surface area contributed by atoms with Crippen molar-refractivity contribution in [3.63, 3.8) is 0 Å². The van der Waals surface area contributed by atoms with E-state index in [1.54, 1.807) is 42.9 Å². The van der Waals surface area contributed by atoms with Crippen molar-refractivity contribution >= 4 is 17.8 Å². The summed E-state index contributed by atoms with van der Waals surface area (Å²) in [5, 5.41) is 2.90. The smallest absolute Gasteiger partial charge is 0.246 e. The molecule has 0 saturated carbocycles. The van der Waals surface area contributed by atoms with E-state index >= 15 is 0 Å². The number of aromatic nitrogens is 2. The van der Waals surface area contributed by atoms with Crippen LogP contribution in [-0.4, -0.2) is 98.4 Å². The van der Waals surface area contributed by atoms with Crippen LogP contribution in [0, 0.1) is 0 Å². The van der Waals surface area contributed by atoms with E-state index in [-0.39, 0.29) is 18.4 Å². The number of morpholine rings is 1. The number of hydrogen-bond acceptors (Lipinski definition) is 8. The molecule has 0 atom stereocenters. The molecule has 11 heteroatoms. The van der Waals surface area contributed by atoms with Gasteiger partial charge in [0.2, 0.25) is 17.8 Å². The van der Waals surface area contributed by atoms with Crippen molar-refractivity contribution in [1.82, 2.24) is 19.4 Å². The fourth-order valence-corrected chi connectivity index (χ4v) is 4.31. The summed E-state index contributed by atoms with van der Waals surface area (Å²) in [4.78, 5) is 34.0. The molecule has 1 fully saturated rings. The maximum absolute atomic E-state index is 13.2. The predicted molar refractivity (Wildman–Crippen MR) is 147 cm³/mol. The van der Waals surface area contributed by atoms with Gasteiger partial charge in [0.25, 0.3) is 0 Å². The zero-order valence-corrected chi connectivity index (χ0v) is 22.8. The third kappa shape index (κ3) is 7.06. The number of hydrogen-bond donors (Lipinski definition) is 1. The van der Waals surface area contributed by atoms with Gasteiger partial charge < -0.3 is 23.8 Å². The zero-order valence-electron chi connectivity index (χ0n) is 22.8. The number of nitrogens with one attached hydrogen (secondary N) is 1. The highest BCUT2D eigenvalue weighted by Gasteiger charge is 2.20. The first-order valence-corrected chi connectivity index (χ1v) is 12.7. The van der Waals surface area contributed by atoms with Crippen LogP contribution in [0.1, 0.15) is 6.92 Å². The van der Waals surface area contributed by atoms with Gasteiger partial charge >= 0.3 is 0 Å². The van der Waals surface area contributed by atoms with Crippen LogP contribution < -0.4 is 19.5 Å². The Balaban J connectivity index is 1.58. The molecule has 4 rings (SSSR count). The van der Waals surface area contributed by atoms with Gasteiger partial charge in [-0.05, 0) is 36.4 Å². The number of methoxy groups -OCH3 is 3. The number of amides is 2. The van der Waals surface area contributed by atoms with Gasteiger partial charge in [-0.2, -0.15) is 0 Å². The molecule has 2 amide bonds. The maximum atomic E-state index is 13.2. The molecular weight excluding hydrogens is 502 g/mol. The Bertz CT molecular complexity index is 1270. The number of carbonyl (C=O) groups is 2. The van der Waals surface area contributed by atoms with E-state index in [0.29, 0.717) is 55.1 Å². The van der Waals surface area contributed by atoms with Crippen molar-refractivity contribution in [3.8, 4) is 34.2 Å². The monoisotopic (exact) mass is 537 g/mol. The Morgan fingerprint density at radius 2 is 1.72 bits per heavy atom. The van der Waals surface area contributed by atoms with Gasteiger partial charge in [0.05, 0.1) is 52.5 Å². The first-order valence-electron chi connectivity index (χ1n) is 12.7. The third-order valence-electron chi connectivity index (χ3n) is 6.56. The summed E-state index contributed by atoms with van der Waals surface area (Å²) in [6.07, 6.45) is 1.83. The topological polar surface area (TPSA) is 107 Å². The second-order valence-electron chi connectivity index (χ2n) is 9.03. The summed E-state index contributed by atoms with van der Waals surface area (Å²) in [6.45, 7) is 5.49. The molecule has 2 heterocycles. The summed E-state index contributed by atoms with van der Waals surface area (Å²) in [5.41, 5.74) is 2.21. The summed E-state index contributed by atoms with van der Waals surface area (Å²) in [5.74, 6) is 1.65. The molecule has 39 heavy (non-hydrogen) atoms. The van der Waals surface area contributed by atoms with E-state index < -0.39 is 0 Å². The molecule has 208 valence electrons. The van der Waals surface area contributed by atoms with Crippen LogP contribution in [-0.2, 0) is 14.3 Å². The number of carbonyl (C=O) groups excluding carboxylic acids is 2. The minimum absolute atomic E-state index is 0.0870. The molecule has 3 aromatic rings. The highest BCUT2D eigenvalue weighted by Crippen LogP contribution is 2.32. The summed E-state index contributed by atoms with van der Waals surface area (Å²) in [6, 6.07) is 12.9. The van der Waals surface area contributed by atoms with Gasteiger partial charge in [0, 0.05) is 50.9 Å². The molecule has 0 spiro atoms. The first-order chi connectivity index (χ1) is 18.9. The molecule has 1 aliphatic heterocycles. The Morgan fingerprint density at radius 3 is 2.36 bits per heavy atom. The van der Waals surface area contributed by atoms with Gasteiger partial charge in [0.1, 0.15) is 5.75 Å². The van der Waals surface area contributed by atoms with Gasteiger partial charge in [-0.3, -0.25) is 24.4 Å². The number of imidazole rings is 1. The van der Waals surface area contributed by atoms with Gasteiger partial charge in [-0.15, -0.1) is 0 Å². The molecular formula is C28H35N5O6. The average molecular weight is 538 g/mol. The number of ether oxygens (including phenoxy) is 4. The quantitative estimate of drug-likeness (QED) is 0.398. The average Bonchev–Trinajstić information content (AvgIpc) is 3.38. The standard InChI is InChI=1S/C28H35N5O6/c1-20(34)32(12-11-31-13-15-39-16-14-31)19-27(35)30-28-29-24(21-5-8-23(36-2)9-6-21)18-33(28)22-7-10-25(37-3)26(17-22)38-4/h5-10,17-18H,11-16,19H2,1-4H3,(H,29,30,35). The second-order valence-corrected chi connectivity index (χ2v) is 9.03. The highest BCUT2D eigenvalue weighted by molar-refractivity contribution is 5.93. The Hall–Kier alpha value is -4.09. The largest absolute Gasteiger partial charge is 0.497 e. The van der Waals surface area contributed by atoms with E-state index in [1.807, 2.05) is 36.5 Å². The Morgan fingerprint density at radius 1 is 1.00 bits per heavy atom. The number of nitrogens with zero attached hydrogens (tertiary/aromatic N) is 4. The van der Waals surface area contributed by atoms with E-state index in [1.165, 1.54) is 6.92 Å². The van der Waals surface area contributed by atoms with Crippen LogP contribution in [0.4, 0.5) is 5.95 Å². The second kappa shape index (κ2) is 13.1. The van der Waals surface area contributed by atoms with Crippen LogP contribution in [0.5, 0.6) is 17.2 Å². The van der Waals surface area contributed by atoms with E-state index in [0.717, 1.165) is 24.4 Å². The number of benzene rings is 2. The van der Waals surface area contributed by atoms with Crippen molar-refractivity contribution in [1.29, 1.82) is 0 Å². The maximum Gasteiger partial charge on any atom is 0.246 e. The third-order valence-corrected chi connectivity index (χ3v) is 6.56. The molecule has 0 aliphatic carbocycles. The normalized spacial score (nSPS) is 13.5. The minimum atomic E-state index is -0.346. The lowest BCUT2D eigenvalue weighted by Gasteiger charge is -2.29. The number of anilines is 1. The zero-order chi connectivity index (χ0) is 27.8. The lowest BCUT2D eigenvalue weighted by Crippen LogP contribution is -2.44. The molecule has 1 aliphatic rings. The van der Waals surface area contributed by atoms with E-state index in [4.69, 9.17) is 23.9 Å². The van der Waals surface area contributed by atoms with Crippen molar-refractivity contribution in [2.24, 2.45) is 0 Å². The van der Waals surface area contributed by atoms with Crippen molar-refractivity contribution in [3.05, 3.63) is 48.7 Å². The van der Waals surface area contributed by atoms with Crippen LogP contribution in [0.3, 0.4) is 0 Å². The molecule has 0 radical (unpaired) electrons. The Labute approximate surface area is 228 Å². The number of rotatable bonds is 11. The van der Waals surface area contributed by atoms with Gasteiger partial charge in [-0.25, -0.2) is 4.98 Å². The van der Waals surface area contributed by atoms with Gasteiger partial charge in [0.15, 0.2) is 11.5 Å². The fraction of sp³-hybridized carbons (Fsp3) is 0.393. The van der Waals surface area contributed by atoms with Crippen LogP contribution in [0.15, 0.2) is 48.7 Å². The van der Waals surface area contributed by atoms with Crippen molar-refractivity contribution in [2.45, 2.75) is 6.92 Å². The van der Waals surface area contributed by atoms with Crippen LogP contribution in [0.2, 0.25) is 0 Å². The summed E-state index contributed by atoms with van der Waals surface area (Å²) >= 11 is 0. The molecule has 1 saturated heterocycles. The van der Waals surface area contributed by atoms with Gasteiger partial charge in [-0.1, -0.05) is 0 Å². The first kappa shape index (κ1) is 27.9. The van der Waals surface area contributed by atoms with Crippen LogP contribution >= 0.6 is 0 Å². The lowest BCUT2D eigenvalue weighted by atomic mass is 10.1. The minimum Gasteiger partial charge on any atom is -0.497 e.